The van der Waals surface area contributed by atoms with Crippen LogP contribution in [0.1, 0.15) is 44.9 Å². The Balaban J connectivity index is 1.38. The molecule has 0 aromatic carbocycles. The van der Waals surface area contributed by atoms with Gasteiger partial charge in [0, 0.05) is 45.2 Å². The quantitative estimate of drug-likeness (QED) is 0.794. The molecule has 0 radical (unpaired) electrons. The van der Waals surface area contributed by atoms with Crippen molar-refractivity contribution in [1.82, 2.24) is 15.1 Å². The van der Waals surface area contributed by atoms with Crippen molar-refractivity contribution < 1.29 is 9.53 Å². The van der Waals surface area contributed by atoms with Crippen LogP contribution in [0.4, 0.5) is 0 Å². The van der Waals surface area contributed by atoms with Crippen molar-refractivity contribution in [2.75, 3.05) is 39.3 Å². The molecule has 6 heteroatoms. The van der Waals surface area contributed by atoms with Crippen LogP contribution in [0.5, 0.6) is 0 Å². The lowest BCUT2D eigenvalue weighted by Gasteiger charge is -2.38. The maximum Gasteiger partial charge on any atom is 0.225 e. The van der Waals surface area contributed by atoms with Gasteiger partial charge in [-0.25, -0.2) is 0 Å². The van der Waals surface area contributed by atoms with E-state index in [0.717, 1.165) is 70.1 Å². The maximum absolute atomic E-state index is 12.6. The van der Waals surface area contributed by atoms with E-state index in [1.54, 1.807) is 0 Å². The lowest BCUT2D eigenvalue weighted by atomic mass is 9.88. The van der Waals surface area contributed by atoms with Crippen molar-refractivity contribution in [2.45, 2.75) is 51.0 Å². The zero-order chi connectivity index (χ0) is 16.1. The molecule has 2 heterocycles. The normalized spacial score (nSPS) is 26.3. The molecule has 0 aromatic heterocycles. The molecule has 2 aliphatic heterocycles. The molecule has 1 saturated carbocycles. The summed E-state index contributed by atoms with van der Waals surface area (Å²) >= 11 is 5.49. The third-order valence-electron chi connectivity index (χ3n) is 5.34. The average Bonchev–Trinajstić information content (AvgIpc) is 3.13. The van der Waals surface area contributed by atoms with E-state index in [2.05, 4.69) is 15.1 Å². The topological polar surface area (TPSA) is 44.8 Å². The predicted octanol–water partition coefficient (Wildman–Crippen LogP) is 1.76. The SMILES string of the molecule is O=C(C1CCCCC1)N1CCN(C(=S)NCC2CCCO2)CC1. The van der Waals surface area contributed by atoms with Gasteiger partial charge in [-0.05, 0) is 37.9 Å². The van der Waals surface area contributed by atoms with Gasteiger partial charge in [-0.3, -0.25) is 4.79 Å². The minimum absolute atomic E-state index is 0.278. The molecule has 1 unspecified atom stereocenters. The number of ether oxygens (including phenoxy) is 1. The van der Waals surface area contributed by atoms with Crippen molar-refractivity contribution in [3.05, 3.63) is 0 Å². The maximum atomic E-state index is 12.6. The summed E-state index contributed by atoms with van der Waals surface area (Å²) in [6, 6.07) is 0. The highest BCUT2D eigenvalue weighted by Crippen LogP contribution is 2.25. The van der Waals surface area contributed by atoms with E-state index in [0.29, 0.717) is 12.0 Å². The summed E-state index contributed by atoms with van der Waals surface area (Å²) in [5, 5.41) is 4.14. The summed E-state index contributed by atoms with van der Waals surface area (Å²) in [5.74, 6) is 0.655. The van der Waals surface area contributed by atoms with Gasteiger partial charge in [-0.2, -0.15) is 0 Å². The highest BCUT2D eigenvalue weighted by atomic mass is 32.1. The molecule has 130 valence electrons. The number of piperazine rings is 1. The molecule has 0 aromatic rings. The first-order valence-corrected chi connectivity index (χ1v) is 9.58. The van der Waals surface area contributed by atoms with E-state index < -0.39 is 0 Å². The van der Waals surface area contributed by atoms with E-state index >= 15 is 0 Å². The second-order valence-corrected chi connectivity index (χ2v) is 7.36. The van der Waals surface area contributed by atoms with Crippen molar-refractivity contribution >= 4 is 23.2 Å². The van der Waals surface area contributed by atoms with Gasteiger partial charge in [0.25, 0.3) is 0 Å². The van der Waals surface area contributed by atoms with Crippen LogP contribution in [0.3, 0.4) is 0 Å². The minimum atomic E-state index is 0.278. The van der Waals surface area contributed by atoms with Gasteiger partial charge in [0.15, 0.2) is 5.11 Å². The minimum Gasteiger partial charge on any atom is -0.376 e. The Kier molecular flexibility index (Phi) is 6.11. The lowest BCUT2D eigenvalue weighted by molar-refractivity contribution is -0.137. The van der Waals surface area contributed by atoms with Crippen LogP contribution < -0.4 is 5.32 Å². The number of hydrogen-bond acceptors (Lipinski definition) is 3. The van der Waals surface area contributed by atoms with Crippen LogP contribution in [0.25, 0.3) is 0 Å². The monoisotopic (exact) mass is 339 g/mol. The number of carbonyl (C=O) groups is 1. The molecule has 0 spiro atoms. The van der Waals surface area contributed by atoms with Crippen LogP contribution in [0, 0.1) is 5.92 Å². The summed E-state index contributed by atoms with van der Waals surface area (Å²) in [7, 11) is 0. The summed E-state index contributed by atoms with van der Waals surface area (Å²) in [4.78, 5) is 16.8. The number of carbonyl (C=O) groups excluding carboxylic acids is 1. The standard InChI is InChI=1S/C17H29N3O2S/c21-16(14-5-2-1-3-6-14)19-8-10-20(11-9-19)17(23)18-13-15-7-4-12-22-15/h14-15H,1-13H2,(H,18,23). The van der Waals surface area contributed by atoms with Crippen LogP contribution >= 0.6 is 12.2 Å². The number of hydrogen-bond donors (Lipinski definition) is 1. The fraction of sp³-hybridized carbons (Fsp3) is 0.882. The van der Waals surface area contributed by atoms with Crippen molar-refractivity contribution in [3.63, 3.8) is 0 Å². The predicted molar refractivity (Wildman–Crippen MR) is 94.3 cm³/mol. The Labute approximate surface area is 144 Å². The Bertz CT molecular complexity index is 412. The van der Waals surface area contributed by atoms with Gasteiger partial charge in [0.2, 0.25) is 5.91 Å². The fourth-order valence-corrected chi connectivity index (χ4v) is 4.12. The largest absolute Gasteiger partial charge is 0.376 e. The smallest absolute Gasteiger partial charge is 0.225 e. The summed E-state index contributed by atoms with van der Waals surface area (Å²) in [6.07, 6.45) is 8.48. The first-order chi connectivity index (χ1) is 11.2. The molecule has 1 aliphatic carbocycles. The molecule has 1 atom stereocenters. The summed E-state index contributed by atoms with van der Waals surface area (Å²) in [5.41, 5.74) is 0. The lowest BCUT2D eigenvalue weighted by Crippen LogP contribution is -2.54. The number of nitrogens with zero attached hydrogens (tertiary/aromatic N) is 2. The Morgan fingerprint density at radius 2 is 1.70 bits per heavy atom. The fourth-order valence-electron chi connectivity index (χ4n) is 3.86. The van der Waals surface area contributed by atoms with Crippen LogP contribution in [0.2, 0.25) is 0 Å². The Hall–Kier alpha value is -0.880. The highest BCUT2D eigenvalue weighted by molar-refractivity contribution is 7.80. The van der Waals surface area contributed by atoms with Gasteiger partial charge in [-0.15, -0.1) is 0 Å². The average molecular weight is 340 g/mol. The number of nitrogens with one attached hydrogen (secondary N) is 1. The zero-order valence-electron chi connectivity index (χ0n) is 14.0. The number of rotatable bonds is 3. The molecule has 1 amide bonds. The first kappa shape index (κ1) is 17.0. The number of amides is 1. The van der Waals surface area contributed by atoms with Gasteiger partial charge in [-0.1, -0.05) is 19.3 Å². The molecule has 2 saturated heterocycles. The summed E-state index contributed by atoms with van der Waals surface area (Å²) in [6.45, 7) is 4.97. The molecule has 1 N–H and O–H groups in total. The van der Waals surface area contributed by atoms with Gasteiger partial charge < -0.3 is 19.9 Å². The number of thiocarbonyl (C=S) groups is 1. The van der Waals surface area contributed by atoms with E-state index in [1.165, 1.54) is 19.3 Å². The van der Waals surface area contributed by atoms with Crippen molar-refractivity contribution in [1.29, 1.82) is 0 Å². The summed E-state index contributed by atoms with van der Waals surface area (Å²) < 4.78 is 5.61. The van der Waals surface area contributed by atoms with E-state index in [9.17, 15) is 4.79 Å². The second-order valence-electron chi connectivity index (χ2n) is 6.97. The molecule has 3 aliphatic rings. The van der Waals surface area contributed by atoms with Gasteiger partial charge >= 0.3 is 0 Å². The second kappa shape index (κ2) is 8.29. The van der Waals surface area contributed by atoms with Crippen molar-refractivity contribution in [2.24, 2.45) is 5.92 Å². The Morgan fingerprint density at radius 3 is 2.35 bits per heavy atom. The van der Waals surface area contributed by atoms with Crippen LogP contribution in [0.15, 0.2) is 0 Å². The molecule has 3 fully saturated rings. The Morgan fingerprint density at radius 1 is 1.00 bits per heavy atom. The van der Waals surface area contributed by atoms with Crippen molar-refractivity contribution in [3.8, 4) is 0 Å². The first-order valence-electron chi connectivity index (χ1n) is 9.17. The van der Waals surface area contributed by atoms with Gasteiger partial charge in [0.05, 0.1) is 6.10 Å². The molecule has 0 bridgehead atoms. The molecular formula is C17H29N3O2S. The van der Waals surface area contributed by atoms with E-state index in [1.807, 2.05) is 0 Å². The third kappa shape index (κ3) is 4.57. The van der Waals surface area contributed by atoms with Gasteiger partial charge in [0.1, 0.15) is 0 Å². The van der Waals surface area contributed by atoms with Crippen LogP contribution in [-0.2, 0) is 9.53 Å². The molecule has 23 heavy (non-hydrogen) atoms. The molecular weight excluding hydrogens is 310 g/mol. The third-order valence-corrected chi connectivity index (χ3v) is 5.74. The highest BCUT2D eigenvalue weighted by Gasteiger charge is 2.29. The molecule has 5 nitrogen and oxygen atoms in total. The van der Waals surface area contributed by atoms with E-state index in [-0.39, 0.29) is 5.92 Å². The molecule has 3 rings (SSSR count). The van der Waals surface area contributed by atoms with E-state index in [4.69, 9.17) is 17.0 Å². The zero-order valence-corrected chi connectivity index (χ0v) is 14.8. The van der Waals surface area contributed by atoms with Crippen LogP contribution in [-0.4, -0.2) is 66.3 Å².